The fourth-order valence-electron chi connectivity index (χ4n) is 4.22. The van der Waals surface area contributed by atoms with Gasteiger partial charge in [-0.3, -0.25) is 9.59 Å². The largest absolute Gasteiger partial charge is 0.385 e. The highest BCUT2D eigenvalue weighted by Crippen LogP contribution is 2.22. The third-order valence-corrected chi connectivity index (χ3v) is 6.26. The fraction of sp³-hybridized carbons (Fsp3) is 0.172. The van der Waals surface area contributed by atoms with E-state index in [0.29, 0.717) is 24.9 Å². The topological polar surface area (TPSA) is 123 Å². The molecule has 0 saturated heterocycles. The number of carbonyl (C=O) groups is 2. The van der Waals surface area contributed by atoms with Gasteiger partial charge in [-0.15, -0.1) is 0 Å². The zero-order chi connectivity index (χ0) is 26.2. The molecule has 0 aliphatic carbocycles. The molecule has 0 fully saturated rings. The molecule has 5 rings (SSSR count). The molecule has 192 valence electrons. The van der Waals surface area contributed by atoms with Gasteiger partial charge in [0.2, 0.25) is 5.91 Å². The second-order valence-electron chi connectivity index (χ2n) is 9.02. The summed E-state index contributed by atoms with van der Waals surface area (Å²) >= 11 is 0. The molecular weight excluding hydrogens is 478 g/mol. The second-order valence-corrected chi connectivity index (χ2v) is 9.02. The van der Waals surface area contributed by atoms with Crippen molar-refractivity contribution in [2.75, 3.05) is 23.7 Å². The molecule has 1 aromatic heterocycles. The highest BCUT2D eigenvalue weighted by Gasteiger charge is 2.09. The van der Waals surface area contributed by atoms with E-state index in [0.717, 1.165) is 46.4 Å². The number of fused-ring (bicyclic) bond motifs is 2. The first-order valence-corrected chi connectivity index (χ1v) is 12.6. The average molecular weight is 508 g/mol. The average Bonchev–Trinajstić information content (AvgIpc) is 3.60. The highest BCUT2D eigenvalue weighted by atomic mass is 16.2. The lowest BCUT2D eigenvalue weighted by Crippen LogP contribution is -2.18. The number of aromatic amines is 1. The van der Waals surface area contributed by atoms with Crippen LogP contribution in [-0.2, 0) is 11.2 Å². The van der Waals surface area contributed by atoms with E-state index in [1.165, 1.54) is 5.56 Å². The summed E-state index contributed by atoms with van der Waals surface area (Å²) in [7, 11) is 0. The summed E-state index contributed by atoms with van der Waals surface area (Å²) in [4.78, 5) is 27.6. The summed E-state index contributed by atoms with van der Waals surface area (Å²) in [6.07, 6.45) is 7.18. The Hall–Kier alpha value is -4.92. The van der Waals surface area contributed by atoms with E-state index in [-0.39, 0.29) is 11.8 Å². The van der Waals surface area contributed by atoms with Gasteiger partial charge in [-0.25, -0.2) is 10.9 Å². The molecule has 1 aliphatic heterocycles. The van der Waals surface area contributed by atoms with Crippen molar-refractivity contribution >= 4 is 46.5 Å². The van der Waals surface area contributed by atoms with E-state index in [1.807, 2.05) is 54.7 Å². The van der Waals surface area contributed by atoms with Gasteiger partial charge < -0.3 is 15.6 Å². The Balaban J connectivity index is 0.997. The van der Waals surface area contributed by atoms with Crippen molar-refractivity contribution in [3.05, 3.63) is 95.2 Å². The zero-order valence-electron chi connectivity index (χ0n) is 20.8. The van der Waals surface area contributed by atoms with Crippen molar-refractivity contribution in [2.45, 2.75) is 19.3 Å². The van der Waals surface area contributed by atoms with Gasteiger partial charge in [0.15, 0.2) is 0 Å². The predicted molar refractivity (Wildman–Crippen MR) is 152 cm³/mol. The van der Waals surface area contributed by atoms with Crippen molar-refractivity contribution in [1.29, 1.82) is 0 Å². The van der Waals surface area contributed by atoms with Gasteiger partial charge in [0.05, 0.1) is 12.4 Å². The first kappa shape index (κ1) is 24.8. The maximum atomic E-state index is 12.4. The van der Waals surface area contributed by atoms with Crippen molar-refractivity contribution in [3.63, 3.8) is 0 Å². The van der Waals surface area contributed by atoms with Gasteiger partial charge in [0.25, 0.3) is 5.91 Å². The minimum Gasteiger partial charge on any atom is -0.385 e. The number of aromatic nitrogens is 1. The second kappa shape index (κ2) is 11.9. The molecule has 9 heteroatoms. The Labute approximate surface area is 220 Å². The summed E-state index contributed by atoms with van der Waals surface area (Å²) in [5, 5.41) is 15.8. The van der Waals surface area contributed by atoms with Gasteiger partial charge in [-0.05, 0) is 77.4 Å². The van der Waals surface area contributed by atoms with E-state index in [4.69, 9.17) is 0 Å². The maximum Gasteiger partial charge on any atom is 0.271 e. The zero-order valence-corrected chi connectivity index (χ0v) is 20.8. The van der Waals surface area contributed by atoms with Gasteiger partial charge in [0, 0.05) is 48.2 Å². The van der Waals surface area contributed by atoms with Crippen LogP contribution in [0.1, 0.15) is 39.9 Å². The Morgan fingerprint density at radius 3 is 2.55 bits per heavy atom. The molecule has 0 bridgehead atoms. The Kier molecular flexibility index (Phi) is 7.74. The summed E-state index contributed by atoms with van der Waals surface area (Å²) in [5.41, 5.74) is 11.8. The molecular formula is C29H29N7O2. The van der Waals surface area contributed by atoms with Crippen LogP contribution in [-0.4, -0.2) is 42.3 Å². The van der Waals surface area contributed by atoms with E-state index in [9.17, 15) is 9.59 Å². The minimum absolute atomic E-state index is 0.146. The van der Waals surface area contributed by atoms with Crippen LogP contribution in [0.4, 0.5) is 11.4 Å². The summed E-state index contributed by atoms with van der Waals surface area (Å²) in [5.74, 6) is -0.426. The standard InChI is InChI=1S/C29H29N7O2/c37-28(35-33-18-20-3-5-22-11-14-31-26(22)16-20)2-1-13-30-25-9-7-24(8-10-25)29(38)36-34-19-21-4-6-23-12-15-32-27(23)17-21/h3-11,14,16-19,30-32H,1-2,12-13,15H2,(H,35,37)(H,36,38)/b33-18+,34-19+. The molecule has 1 aliphatic rings. The van der Waals surface area contributed by atoms with Crippen molar-refractivity contribution < 1.29 is 9.59 Å². The summed E-state index contributed by atoms with van der Waals surface area (Å²) in [6.45, 7) is 1.57. The Morgan fingerprint density at radius 1 is 0.895 bits per heavy atom. The van der Waals surface area contributed by atoms with Crippen LogP contribution in [0.3, 0.4) is 0 Å². The van der Waals surface area contributed by atoms with Crippen LogP contribution in [0.15, 0.2) is 83.1 Å². The molecule has 0 radical (unpaired) electrons. The molecule has 3 aromatic carbocycles. The number of carbonyl (C=O) groups excluding carboxylic acids is 2. The van der Waals surface area contributed by atoms with Crippen molar-refractivity contribution in [2.24, 2.45) is 10.2 Å². The molecule has 2 amide bonds. The molecule has 0 atom stereocenters. The molecule has 4 aromatic rings. The molecule has 5 N–H and O–H groups in total. The van der Waals surface area contributed by atoms with Crippen LogP contribution in [0.2, 0.25) is 0 Å². The number of anilines is 2. The lowest BCUT2D eigenvalue weighted by Gasteiger charge is -2.07. The van der Waals surface area contributed by atoms with Gasteiger partial charge in [-0.1, -0.05) is 24.3 Å². The minimum atomic E-state index is -0.280. The number of hydrogen-bond acceptors (Lipinski definition) is 6. The number of H-pyrrole nitrogens is 1. The van der Waals surface area contributed by atoms with Gasteiger partial charge in [-0.2, -0.15) is 10.2 Å². The Morgan fingerprint density at radius 2 is 1.68 bits per heavy atom. The van der Waals surface area contributed by atoms with E-state index in [1.54, 1.807) is 24.6 Å². The smallest absolute Gasteiger partial charge is 0.271 e. The normalized spacial score (nSPS) is 12.5. The number of amides is 2. The van der Waals surface area contributed by atoms with E-state index < -0.39 is 0 Å². The van der Waals surface area contributed by atoms with Crippen molar-refractivity contribution in [1.82, 2.24) is 15.8 Å². The summed E-state index contributed by atoms with van der Waals surface area (Å²) in [6, 6.07) is 21.2. The van der Waals surface area contributed by atoms with E-state index in [2.05, 4.69) is 42.7 Å². The number of rotatable bonds is 10. The molecule has 0 spiro atoms. The van der Waals surface area contributed by atoms with Gasteiger partial charge in [0.1, 0.15) is 0 Å². The first-order valence-electron chi connectivity index (χ1n) is 12.6. The number of nitrogens with one attached hydrogen (secondary N) is 5. The van der Waals surface area contributed by atoms with Crippen LogP contribution in [0.5, 0.6) is 0 Å². The molecule has 0 saturated carbocycles. The van der Waals surface area contributed by atoms with E-state index >= 15 is 0 Å². The van der Waals surface area contributed by atoms with Crippen molar-refractivity contribution in [3.8, 4) is 0 Å². The summed E-state index contributed by atoms with van der Waals surface area (Å²) < 4.78 is 0. The number of nitrogens with zero attached hydrogens (tertiary/aromatic N) is 2. The van der Waals surface area contributed by atoms with Gasteiger partial charge >= 0.3 is 0 Å². The third kappa shape index (κ3) is 6.44. The fourth-order valence-corrected chi connectivity index (χ4v) is 4.22. The van der Waals surface area contributed by atoms with Crippen LogP contribution in [0, 0.1) is 0 Å². The third-order valence-electron chi connectivity index (χ3n) is 6.26. The molecule has 38 heavy (non-hydrogen) atoms. The number of hydrazone groups is 2. The maximum absolute atomic E-state index is 12.4. The highest BCUT2D eigenvalue weighted by molar-refractivity contribution is 5.95. The van der Waals surface area contributed by atoms with Crippen LogP contribution < -0.4 is 21.5 Å². The lowest BCUT2D eigenvalue weighted by atomic mass is 10.1. The first-order chi connectivity index (χ1) is 18.6. The quantitative estimate of drug-likeness (QED) is 0.125. The monoisotopic (exact) mass is 507 g/mol. The van der Waals surface area contributed by atoms with Crippen LogP contribution in [0.25, 0.3) is 10.9 Å². The predicted octanol–water partition coefficient (Wildman–Crippen LogP) is 4.24. The lowest BCUT2D eigenvalue weighted by molar-refractivity contribution is -0.121. The Bertz CT molecular complexity index is 1490. The number of hydrogen-bond donors (Lipinski definition) is 5. The molecule has 0 unspecified atom stereocenters. The molecule has 9 nitrogen and oxygen atoms in total. The number of benzene rings is 3. The molecule has 2 heterocycles. The van der Waals surface area contributed by atoms with Crippen LogP contribution >= 0.6 is 0 Å². The SMILES string of the molecule is O=C(CCCNc1ccc(C(=O)N/N=C/c2ccc3c(c2)NCC3)cc1)N/N=C/c1ccc2cc[nH]c2c1.